The quantitative estimate of drug-likeness (QED) is 0.503. The third kappa shape index (κ3) is 4.26. The van der Waals surface area contributed by atoms with Gasteiger partial charge in [0, 0.05) is 36.3 Å². The molecule has 1 N–H and O–H groups in total. The fourth-order valence-corrected chi connectivity index (χ4v) is 3.71. The van der Waals surface area contributed by atoms with Crippen molar-refractivity contribution < 1.29 is 4.79 Å². The summed E-state index contributed by atoms with van der Waals surface area (Å²) in [6.45, 7) is 5.03. The second-order valence-electron chi connectivity index (χ2n) is 7.39. The molecule has 31 heavy (non-hydrogen) atoms. The van der Waals surface area contributed by atoms with Gasteiger partial charge in [0.15, 0.2) is 5.82 Å². The normalized spacial score (nSPS) is 11.0. The number of nitrogens with one attached hydrogen (secondary N) is 1. The van der Waals surface area contributed by atoms with Gasteiger partial charge >= 0.3 is 0 Å². The standard InChI is InChI=1S/C24H25N5O2/c1-3-28-17(2)20(14-15-21(30)25-16-18-10-6-4-7-11-18)23(31)29-24(28)26-22(27-29)19-12-8-5-9-13-19/h4-13H,3,14-16H2,1-2H3,(H,25,30). The van der Waals surface area contributed by atoms with Crippen LogP contribution in [0, 0.1) is 6.92 Å². The molecule has 4 rings (SSSR count). The van der Waals surface area contributed by atoms with Crippen molar-refractivity contribution in [1.29, 1.82) is 0 Å². The third-order valence-electron chi connectivity index (χ3n) is 5.41. The van der Waals surface area contributed by atoms with Gasteiger partial charge in [-0.05, 0) is 25.8 Å². The first-order chi connectivity index (χ1) is 15.1. The van der Waals surface area contributed by atoms with Crippen molar-refractivity contribution in [3.05, 3.63) is 87.8 Å². The summed E-state index contributed by atoms with van der Waals surface area (Å²) in [5.41, 5.74) is 3.09. The van der Waals surface area contributed by atoms with Crippen molar-refractivity contribution in [3.8, 4) is 11.4 Å². The van der Waals surface area contributed by atoms with E-state index in [9.17, 15) is 9.59 Å². The van der Waals surface area contributed by atoms with E-state index in [0.717, 1.165) is 16.8 Å². The Hall–Kier alpha value is -3.74. The van der Waals surface area contributed by atoms with Crippen LogP contribution in [0.4, 0.5) is 0 Å². The first-order valence-electron chi connectivity index (χ1n) is 10.4. The zero-order valence-corrected chi connectivity index (χ0v) is 17.7. The van der Waals surface area contributed by atoms with Gasteiger partial charge in [0.05, 0.1) is 0 Å². The van der Waals surface area contributed by atoms with Crippen molar-refractivity contribution in [3.63, 3.8) is 0 Å². The Bertz CT molecular complexity index is 1260. The number of amides is 1. The number of aryl methyl sites for hydroxylation is 1. The molecule has 0 aliphatic rings. The smallest absolute Gasteiger partial charge is 0.279 e. The molecule has 0 aliphatic carbocycles. The Morgan fingerprint density at radius 2 is 1.71 bits per heavy atom. The van der Waals surface area contributed by atoms with Crippen molar-refractivity contribution in [2.45, 2.75) is 39.8 Å². The average Bonchev–Trinajstić information content (AvgIpc) is 3.25. The molecule has 2 aromatic heterocycles. The minimum atomic E-state index is -0.220. The number of carbonyl (C=O) groups excluding carboxylic acids is 1. The van der Waals surface area contributed by atoms with Crippen LogP contribution in [-0.2, 0) is 24.3 Å². The van der Waals surface area contributed by atoms with Crippen LogP contribution in [0.2, 0.25) is 0 Å². The highest BCUT2D eigenvalue weighted by atomic mass is 16.1. The second kappa shape index (κ2) is 8.95. The Labute approximate surface area is 180 Å². The highest BCUT2D eigenvalue weighted by molar-refractivity contribution is 5.76. The van der Waals surface area contributed by atoms with Crippen molar-refractivity contribution in [2.24, 2.45) is 0 Å². The van der Waals surface area contributed by atoms with E-state index in [1.807, 2.05) is 79.1 Å². The molecule has 0 saturated heterocycles. The van der Waals surface area contributed by atoms with Crippen LogP contribution in [0.15, 0.2) is 65.5 Å². The van der Waals surface area contributed by atoms with Crippen LogP contribution in [0.25, 0.3) is 17.2 Å². The maximum atomic E-state index is 13.2. The largest absolute Gasteiger partial charge is 0.352 e. The molecule has 7 heteroatoms. The molecule has 2 aromatic carbocycles. The third-order valence-corrected chi connectivity index (χ3v) is 5.41. The highest BCUT2D eigenvalue weighted by Gasteiger charge is 2.18. The fraction of sp³-hybridized carbons (Fsp3) is 0.250. The van der Waals surface area contributed by atoms with Gasteiger partial charge in [0.25, 0.3) is 5.56 Å². The first-order valence-corrected chi connectivity index (χ1v) is 10.4. The minimum Gasteiger partial charge on any atom is -0.352 e. The summed E-state index contributed by atoms with van der Waals surface area (Å²) in [5, 5.41) is 7.38. The van der Waals surface area contributed by atoms with E-state index >= 15 is 0 Å². The van der Waals surface area contributed by atoms with Gasteiger partial charge in [0.1, 0.15) is 0 Å². The number of hydrogen-bond acceptors (Lipinski definition) is 4. The number of carbonyl (C=O) groups is 1. The molecule has 1 amide bonds. The minimum absolute atomic E-state index is 0.0886. The van der Waals surface area contributed by atoms with Crippen LogP contribution in [0.3, 0.4) is 0 Å². The molecule has 0 fully saturated rings. The number of aromatic nitrogens is 4. The summed E-state index contributed by atoms with van der Waals surface area (Å²) in [5.74, 6) is 0.938. The predicted molar refractivity (Wildman–Crippen MR) is 120 cm³/mol. The lowest BCUT2D eigenvalue weighted by molar-refractivity contribution is -0.121. The van der Waals surface area contributed by atoms with Gasteiger partial charge in [-0.3, -0.25) is 9.59 Å². The number of rotatable bonds is 7. The highest BCUT2D eigenvalue weighted by Crippen LogP contribution is 2.17. The van der Waals surface area contributed by atoms with Crippen molar-refractivity contribution in [2.75, 3.05) is 0 Å². The fourth-order valence-electron chi connectivity index (χ4n) is 3.71. The van der Waals surface area contributed by atoms with Crippen LogP contribution in [0.1, 0.15) is 30.2 Å². The maximum Gasteiger partial charge on any atom is 0.279 e. The summed E-state index contributed by atoms with van der Waals surface area (Å²) >= 11 is 0. The summed E-state index contributed by atoms with van der Waals surface area (Å²) in [6, 6.07) is 19.3. The number of benzene rings is 2. The zero-order chi connectivity index (χ0) is 21.8. The van der Waals surface area contributed by atoms with Gasteiger partial charge in [0.2, 0.25) is 11.7 Å². The topological polar surface area (TPSA) is 81.3 Å². The van der Waals surface area contributed by atoms with Crippen LogP contribution < -0.4 is 10.9 Å². The van der Waals surface area contributed by atoms with E-state index in [4.69, 9.17) is 0 Å². The van der Waals surface area contributed by atoms with Crippen LogP contribution in [-0.4, -0.2) is 25.1 Å². The summed E-state index contributed by atoms with van der Waals surface area (Å²) in [6.07, 6.45) is 0.583. The lowest BCUT2D eigenvalue weighted by Gasteiger charge is -2.13. The second-order valence-corrected chi connectivity index (χ2v) is 7.39. The van der Waals surface area contributed by atoms with Gasteiger partial charge in [-0.15, -0.1) is 5.10 Å². The molecule has 0 saturated carbocycles. The Kier molecular flexibility index (Phi) is 5.93. The van der Waals surface area contributed by atoms with E-state index in [1.54, 1.807) is 0 Å². The molecule has 4 aromatic rings. The Morgan fingerprint density at radius 3 is 2.39 bits per heavy atom. The van der Waals surface area contributed by atoms with E-state index in [1.165, 1.54) is 4.52 Å². The van der Waals surface area contributed by atoms with Crippen molar-refractivity contribution >= 4 is 11.7 Å². The predicted octanol–water partition coefficient (Wildman–Crippen LogP) is 3.14. The van der Waals surface area contributed by atoms with E-state index < -0.39 is 0 Å². The number of nitrogens with zero attached hydrogens (tertiary/aromatic N) is 4. The first kappa shape index (κ1) is 20.5. The molecule has 0 atom stereocenters. The average molecular weight is 415 g/mol. The molecule has 0 aliphatic heterocycles. The molecule has 0 radical (unpaired) electrons. The Balaban J connectivity index is 1.59. The van der Waals surface area contributed by atoms with E-state index in [2.05, 4.69) is 15.4 Å². The van der Waals surface area contributed by atoms with E-state index in [-0.39, 0.29) is 17.9 Å². The zero-order valence-electron chi connectivity index (χ0n) is 17.7. The number of fused-ring (bicyclic) bond motifs is 1. The lowest BCUT2D eigenvalue weighted by Crippen LogP contribution is -2.28. The van der Waals surface area contributed by atoms with Gasteiger partial charge in [-0.25, -0.2) is 0 Å². The molecule has 2 heterocycles. The van der Waals surface area contributed by atoms with Crippen LogP contribution >= 0.6 is 0 Å². The van der Waals surface area contributed by atoms with Gasteiger partial charge in [-0.2, -0.15) is 9.50 Å². The molecule has 0 unspecified atom stereocenters. The van der Waals surface area contributed by atoms with Gasteiger partial charge < -0.3 is 9.88 Å². The molecule has 0 bridgehead atoms. The summed E-state index contributed by atoms with van der Waals surface area (Å²) in [7, 11) is 0. The van der Waals surface area contributed by atoms with Crippen molar-refractivity contribution in [1.82, 2.24) is 24.5 Å². The molecule has 7 nitrogen and oxygen atoms in total. The monoisotopic (exact) mass is 415 g/mol. The summed E-state index contributed by atoms with van der Waals surface area (Å²) < 4.78 is 3.33. The van der Waals surface area contributed by atoms with E-state index in [0.29, 0.717) is 36.7 Å². The molecule has 0 spiro atoms. The Morgan fingerprint density at radius 1 is 1.03 bits per heavy atom. The maximum absolute atomic E-state index is 13.2. The molecular weight excluding hydrogens is 390 g/mol. The number of hydrogen-bond donors (Lipinski definition) is 1. The summed E-state index contributed by atoms with van der Waals surface area (Å²) in [4.78, 5) is 30.1. The molecular formula is C24H25N5O2. The SMILES string of the molecule is CCn1c(C)c(CCC(=O)NCc2ccccc2)c(=O)n2nc(-c3ccccc3)nc12. The lowest BCUT2D eigenvalue weighted by atomic mass is 10.1. The van der Waals surface area contributed by atoms with Gasteiger partial charge in [-0.1, -0.05) is 60.7 Å². The molecule has 158 valence electrons. The van der Waals surface area contributed by atoms with Crippen LogP contribution in [0.5, 0.6) is 0 Å².